The molecule has 0 radical (unpaired) electrons. The first-order valence-corrected chi connectivity index (χ1v) is 11.9. The van der Waals surface area contributed by atoms with E-state index >= 15 is 0 Å². The zero-order chi connectivity index (χ0) is 23.9. The van der Waals surface area contributed by atoms with E-state index in [1.54, 1.807) is 0 Å². The minimum Gasteiger partial charge on any atom is -0.242 e. The summed E-state index contributed by atoms with van der Waals surface area (Å²) in [6.45, 7) is 2.78. The number of hydrogen-bond donors (Lipinski definition) is 1. The van der Waals surface area contributed by atoms with E-state index in [9.17, 15) is 0 Å². The monoisotopic (exact) mass is 461 g/mol. The van der Waals surface area contributed by atoms with Crippen LogP contribution in [-0.4, -0.2) is 35.4 Å². The van der Waals surface area contributed by atoms with Crippen molar-refractivity contribution in [3.8, 4) is 22.5 Å². The summed E-state index contributed by atoms with van der Waals surface area (Å²) in [7, 11) is 0. The molecule has 174 valence electrons. The summed E-state index contributed by atoms with van der Waals surface area (Å²) in [5.74, 6) is 2.35. The Labute approximate surface area is 204 Å². The van der Waals surface area contributed by atoms with Gasteiger partial charge >= 0.3 is 0 Å². The van der Waals surface area contributed by atoms with Gasteiger partial charge in [0.15, 0.2) is 11.6 Å². The molecule has 0 amide bonds. The van der Waals surface area contributed by atoms with Gasteiger partial charge < -0.3 is 0 Å². The van der Waals surface area contributed by atoms with Gasteiger partial charge in [-0.3, -0.25) is 0 Å². The van der Waals surface area contributed by atoms with E-state index in [1.165, 1.54) is 5.56 Å². The van der Waals surface area contributed by atoms with Crippen LogP contribution in [0.3, 0.4) is 0 Å². The van der Waals surface area contributed by atoms with Crippen molar-refractivity contribution in [3.63, 3.8) is 0 Å². The number of aryl methyl sites for hydroxylation is 2. The number of rotatable bonds is 9. The molecule has 35 heavy (non-hydrogen) atoms. The molecular formula is C28H27N7. The molecule has 0 bridgehead atoms. The first-order chi connectivity index (χ1) is 17.3. The Hall–Kier alpha value is -4.39. The van der Waals surface area contributed by atoms with Crippen LogP contribution in [-0.2, 0) is 19.4 Å². The number of nitrogens with zero attached hydrogens (tertiary/aromatic N) is 6. The molecule has 7 nitrogen and oxygen atoms in total. The lowest BCUT2D eigenvalue weighted by molar-refractivity contribution is 0.663. The maximum atomic E-state index is 4.83. The van der Waals surface area contributed by atoms with Crippen molar-refractivity contribution in [3.05, 3.63) is 108 Å². The van der Waals surface area contributed by atoms with Gasteiger partial charge in [-0.2, -0.15) is 10.3 Å². The van der Waals surface area contributed by atoms with E-state index in [-0.39, 0.29) is 0 Å². The highest BCUT2D eigenvalue weighted by molar-refractivity contribution is 5.80. The Balaban J connectivity index is 1.35. The lowest BCUT2D eigenvalue weighted by Crippen LogP contribution is -2.05. The molecule has 5 rings (SSSR count). The Bertz CT molecular complexity index is 1390. The molecule has 0 atom stereocenters. The first kappa shape index (κ1) is 22.4. The molecule has 0 spiro atoms. The average molecular weight is 462 g/mol. The quantitative estimate of drug-likeness (QED) is 0.318. The predicted molar refractivity (Wildman–Crippen MR) is 137 cm³/mol. The summed E-state index contributed by atoms with van der Waals surface area (Å²) in [6, 6.07) is 27.1. The van der Waals surface area contributed by atoms with Crippen LogP contribution in [0.25, 0.3) is 28.6 Å². The Kier molecular flexibility index (Phi) is 6.84. The average Bonchev–Trinajstić information content (AvgIpc) is 3.58. The highest BCUT2D eigenvalue weighted by atomic mass is 15.5. The van der Waals surface area contributed by atoms with Crippen molar-refractivity contribution in [2.45, 2.75) is 32.7 Å². The molecule has 7 heteroatoms. The summed E-state index contributed by atoms with van der Waals surface area (Å²) < 4.78 is 1.99. The molecule has 0 fully saturated rings. The van der Waals surface area contributed by atoms with Gasteiger partial charge in [-0.15, -0.1) is 10.2 Å². The van der Waals surface area contributed by atoms with E-state index in [0.717, 1.165) is 53.2 Å². The van der Waals surface area contributed by atoms with E-state index in [2.05, 4.69) is 94.3 Å². The van der Waals surface area contributed by atoms with Crippen LogP contribution in [0.5, 0.6) is 0 Å². The third-order valence-electron chi connectivity index (χ3n) is 5.84. The number of aromatic amines is 1. The number of aromatic nitrogens is 7. The normalized spacial score (nSPS) is 11.3. The first-order valence-electron chi connectivity index (χ1n) is 11.9. The van der Waals surface area contributed by atoms with Crippen LogP contribution in [0, 0.1) is 0 Å². The highest BCUT2D eigenvalue weighted by Crippen LogP contribution is 2.29. The fraction of sp³-hybridized carbons (Fsp3) is 0.179. The molecule has 0 saturated carbocycles. The van der Waals surface area contributed by atoms with Crippen LogP contribution in [0.2, 0.25) is 0 Å². The zero-order valence-corrected chi connectivity index (χ0v) is 19.7. The van der Waals surface area contributed by atoms with Gasteiger partial charge in [0.2, 0.25) is 5.82 Å². The molecule has 0 aliphatic rings. The maximum Gasteiger partial charge on any atom is 0.205 e. The van der Waals surface area contributed by atoms with Crippen molar-refractivity contribution < 1.29 is 0 Å². The number of benzene rings is 3. The van der Waals surface area contributed by atoms with Crippen molar-refractivity contribution in [1.82, 2.24) is 35.4 Å². The predicted octanol–water partition coefficient (Wildman–Crippen LogP) is 5.38. The largest absolute Gasteiger partial charge is 0.242 e. The summed E-state index contributed by atoms with van der Waals surface area (Å²) in [5.41, 5.74) is 5.57. The molecular weight excluding hydrogens is 434 g/mol. The van der Waals surface area contributed by atoms with Crippen LogP contribution < -0.4 is 0 Å². The van der Waals surface area contributed by atoms with Crippen molar-refractivity contribution in [2.75, 3.05) is 0 Å². The standard InChI is InChI=1S/C28H27N7/c1-2-3-13-27-29-26(19-16-21-9-5-4-6-10-21)32-35(27)20-22-14-17-23(18-15-22)24-11-7-8-12-25(24)28-30-33-34-31-28/h3-15,17-18H,2,16,19-20H2,1H3,(H,30,31,33,34). The molecule has 2 aromatic heterocycles. The van der Waals surface area contributed by atoms with Gasteiger partial charge in [-0.05, 0) is 46.4 Å². The third kappa shape index (κ3) is 5.41. The van der Waals surface area contributed by atoms with E-state index in [4.69, 9.17) is 10.1 Å². The van der Waals surface area contributed by atoms with Gasteiger partial charge in [-0.1, -0.05) is 91.9 Å². The van der Waals surface area contributed by atoms with E-state index < -0.39 is 0 Å². The molecule has 0 aliphatic heterocycles. The number of nitrogens with one attached hydrogen (secondary N) is 1. The van der Waals surface area contributed by atoms with Crippen molar-refractivity contribution >= 4 is 6.08 Å². The number of tetrazole rings is 1. The molecule has 5 aromatic rings. The maximum absolute atomic E-state index is 4.83. The Morgan fingerprint density at radius 2 is 1.60 bits per heavy atom. The van der Waals surface area contributed by atoms with Gasteiger partial charge in [-0.25, -0.2) is 9.67 Å². The van der Waals surface area contributed by atoms with Gasteiger partial charge in [0.1, 0.15) is 0 Å². The number of allylic oxidation sites excluding steroid dienone is 1. The van der Waals surface area contributed by atoms with Crippen LogP contribution in [0.1, 0.15) is 36.1 Å². The Morgan fingerprint density at radius 1 is 0.829 bits per heavy atom. The highest BCUT2D eigenvalue weighted by Gasteiger charge is 2.12. The van der Waals surface area contributed by atoms with Crippen molar-refractivity contribution in [1.29, 1.82) is 0 Å². The third-order valence-corrected chi connectivity index (χ3v) is 5.84. The SMILES string of the molecule is CCC=Cc1nc(CCc2ccccc2)nn1Cc1ccc(-c2ccccc2-c2nn[nH]n2)cc1. The van der Waals surface area contributed by atoms with Crippen LogP contribution in [0.15, 0.2) is 84.9 Å². The summed E-state index contributed by atoms with van der Waals surface area (Å²) >= 11 is 0. The van der Waals surface area contributed by atoms with Crippen LogP contribution >= 0.6 is 0 Å². The second kappa shape index (κ2) is 10.7. The number of hydrogen-bond acceptors (Lipinski definition) is 5. The van der Waals surface area contributed by atoms with Gasteiger partial charge in [0, 0.05) is 12.0 Å². The molecule has 0 saturated heterocycles. The number of H-pyrrole nitrogens is 1. The minimum absolute atomic E-state index is 0.586. The smallest absolute Gasteiger partial charge is 0.205 e. The Morgan fingerprint density at radius 3 is 2.34 bits per heavy atom. The summed E-state index contributed by atoms with van der Waals surface area (Å²) in [6.07, 6.45) is 6.89. The summed E-state index contributed by atoms with van der Waals surface area (Å²) in [4.78, 5) is 4.81. The minimum atomic E-state index is 0.586. The van der Waals surface area contributed by atoms with Gasteiger partial charge in [0.25, 0.3) is 0 Å². The molecule has 0 aliphatic carbocycles. The van der Waals surface area contributed by atoms with Gasteiger partial charge in [0.05, 0.1) is 6.54 Å². The fourth-order valence-electron chi connectivity index (χ4n) is 4.04. The van der Waals surface area contributed by atoms with Crippen LogP contribution in [0.4, 0.5) is 0 Å². The second-order valence-electron chi connectivity index (χ2n) is 8.32. The topological polar surface area (TPSA) is 85.2 Å². The molecule has 2 heterocycles. The van der Waals surface area contributed by atoms with Crippen molar-refractivity contribution in [2.24, 2.45) is 0 Å². The zero-order valence-electron chi connectivity index (χ0n) is 19.7. The molecule has 1 N–H and O–H groups in total. The summed E-state index contributed by atoms with van der Waals surface area (Å²) in [5, 5.41) is 19.3. The molecule has 3 aromatic carbocycles. The van der Waals surface area contributed by atoms with E-state index in [1.807, 2.05) is 28.9 Å². The fourth-order valence-corrected chi connectivity index (χ4v) is 4.04. The van der Waals surface area contributed by atoms with E-state index in [0.29, 0.717) is 12.4 Å². The second-order valence-corrected chi connectivity index (χ2v) is 8.32. The lowest BCUT2D eigenvalue weighted by Gasteiger charge is -2.09. The lowest BCUT2D eigenvalue weighted by atomic mass is 9.98. The molecule has 0 unspecified atom stereocenters.